The van der Waals surface area contributed by atoms with Crippen molar-refractivity contribution in [2.24, 2.45) is 0 Å². The van der Waals surface area contributed by atoms with Crippen LogP contribution >= 0.6 is 0 Å². The Morgan fingerprint density at radius 3 is 2.52 bits per heavy atom. The number of pyridine rings is 1. The molecule has 3 nitrogen and oxygen atoms in total. The number of sulfone groups is 1. The summed E-state index contributed by atoms with van der Waals surface area (Å²) < 4.78 is 25.8. The highest BCUT2D eigenvalue weighted by atomic mass is 32.2. The van der Waals surface area contributed by atoms with Gasteiger partial charge in [0.15, 0.2) is 9.84 Å². The molecule has 0 spiro atoms. The molecule has 0 bridgehead atoms. The lowest BCUT2D eigenvalue weighted by molar-refractivity contribution is 0.582. The average Bonchev–Trinajstić information content (AvgIpc) is 2.96. The number of rotatable bonds is 4. The van der Waals surface area contributed by atoms with Crippen molar-refractivity contribution in [2.45, 2.75) is 18.1 Å². The van der Waals surface area contributed by atoms with Crippen LogP contribution in [0.25, 0.3) is 10.8 Å². The number of aryl methyl sites for hydroxylation is 1. The van der Waals surface area contributed by atoms with E-state index in [2.05, 4.69) is 4.98 Å². The number of hydrogen-bond acceptors (Lipinski definition) is 3. The molecule has 2 aromatic carbocycles. The van der Waals surface area contributed by atoms with Crippen LogP contribution in [0, 0.1) is 0 Å². The van der Waals surface area contributed by atoms with Crippen molar-refractivity contribution in [1.29, 1.82) is 0 Å². The Labute approximate surface area is 135 Å². The number of benzene rings is 2. The molecule has 0 N–H and O–H groups in total. The Morgan fingerprint density at radius 2 is 1.74 bits per heavy atom. The summed E-state index contributed by atoms with van der Waals surface area (Å²) in [7, 11) is -3.19. The number of hydrogen-bond donors (Lipinski definition) is 0. The van der Waals surface area contributed by atoms with E-state index in [4.69, 9.17) is 0 Å². The first-order valence-electron chi connectivity index (χ1n) is 7.76. The first kappa shape index (κ1) is 14.4. The highest BCUT2D eigenvalue weighted by Gasteiger charge is 2.33. The molecule has 0 amide bonds. The predicted molar refractivity (Wildman–Crippen MR) is 92.1 cm³/mol. The molecule has 1 aliphatic carbocycles. The summed E-state index contributed by atoms with van der Waals surface area (Å²) in [6, 6.07) is 15.8. The SMILES string of the molecule is O=S(=O)(CCc1ccncc1)[C@H]1Cc2cccc3cccc1c23. The zero-order valence-electron chi connectivity index (χ0n) is 12.6. The normalized spacial score (nSPS) is 16.8. The third kappa shape index (κ3) is 2.53. The van der Waals surface area contributed by atoms with E-state index in [0.29, 0.717) is 12.8 Å². The van der Waals surface area contributed by atoms with Crippen molar-refractivity contribution < 1.29 is 8.42 Å². The summed E-state index contributed by atoms with van der Waals surface area (Å²) >= 11 is 0. The van der Waals surface area contributed by atoms with Crippen molar-refractivity contribution in [3.05, 3.63) is 77.6 Å². The molecular formula is C19H17NO2S. The fourth-order valence-electron chi connectivity index (χ4n) is 3.47. The number of aromatic nitrogens is 1. The summed E-state index contributed by atoms with van der Waals surface area (Å²) in [6.45, 7) is 0. The van der Waals surface area contributed by atoms with Crippen molar-refractivity contribution in [3.63, 3.8) is 0 Å². The van der Waals surface area contributed by atoms with Gasteiger partial charge in [0.1, 0.15) is 0 Å². The van der Waals surface area contributed by atoms with Gasteiger partial charge in [0.05, 0.1) is 11.0 Å². The van der Waals surface area contributed by atoms with E-state index in [0.717, 1.165) is 27.5 Å². The molecule has 1 heterocycles. The minimum Gasteiger partial charge on any atom is -0.265 e. The maximum atomic E-state index is 12.9. The number of nitrogens with zero attached hydrogens (tertiary/aromatic N) is 1. The van der Waals surface area contributed by atoms with Gasteiger partial charge in [-0.2, -0.15) is 0 Å². The van der Waals surface area contributed by atoms with Crippen LogP contribution in [-0.4, -0.2) is 19.2 Å². The third-order valence-corrected chi connectivity index (χ3v) is 6.69. The van der Waals surface area contributed by atoms with Crippen LogP contribution < -0.4 is 0 Å². The Balaban J connectivity index is 1.65. The monoisotopic (exact) mass is 323 g/mol. The molecule has 3 aromatic rings. The van der Waals surface area contributed by atoms with E-state index in [1.54, 1.807) is 12.4 Å². The molecule has 0 saturated heterocycles. The topological polar surface area (TPSA) is 47.0 Å². The second kappa shape index (κ2) is 5.46. The van der Waals surface area contributed by atoms with Crippen LogP contribution in [0.2, 0.25) is 0 Å². The molecule has 1 atom stereocenters. The fraction of sp³-hybridized carbons (Fsp3) is 0.211. The van der Waals surface area contributed by atoms with E-state index in [1.807, 2.05) is 48.5 Å². The molecule has 23 heavy (non-hydrogen) atoms. The molecular weight excluding hydrogens is 306 g/mol. The van der Waals surface area contributed by atoms with E-state index in [-0.39, 0.29) is 5.75 Å². The maximum Gasteiger partial charge on any atom is 0.157 e. The molecule has 116 valence electrons. The Hall–Kier alpha value is -2.20. The van der Waals surface area contributed by atoms with Gasteiger partial charge in [-0.05, 0) is 52.4 Å². The van der Waals surface area contributed by atoms with E-state index >= 15 is 0 Å². The lowest BCUT2D eigenvalue weighted by Gasteiger charge is -2.13. The first-order chi connectivity index (χ1) is 11.1. The molecule has 0 radical (unpaired) electrons. The van der Waals surface area contributed by atoms with Crippen LogP contribution in [-0.2, 0) is 22.7 Å². The van der Waals surface area contributed by atoms with Gasteiger partial charge >= 0.3 is 0 Å². The summed E-state index contributed by atoms with van der Waals surface area (Å²) in [5, 5.41) is 1.85. The second-order valence-electron chi connectivity index (χ2n) is 6.03. The molecule has 4 rings (SSSR count). The van der Waals surface area contributed by atoms with Crippen molar-refractivity contribution in [2.75, 3.05) is 5.75 Å². The smallest absolute Gasteiger partial charge is 0.157 e. The molecule has 4 heteroatoms. The maximum absolute atomic E-state index is 12.9. The molecule has 0 saturated carbocycles. The molecule has 1 aromatic heterocycles. The molecule has 0 unspecified atom stereocenters. The van der Waals surface area contributed by atoms with Crippen LogP contribution in [0.15, 0.2) is 60.9 Å². The Morgan fingerprint density at radius 1 is 1.00 bits per heavy atom. The minimum atomic E-state index is -3.19. The van der Waals surface area contributed by atoms with Crippen LogP contribution in [0.4, 0.5) is 0 Å². The van der Waals surface area contributed by atoms with Gasteiger partial charge in [-0.15, -0.1) is 0 Å². The van der Waals surface area contributed by atoms with Gasteiger partial charge in [0.25, 0.3) is 0 Å². The largest absolute Gasteiger partial charge is 0.265 e. The highest BCUT2D eigenvalue weighted by molar-refractivity contribution is 7.91. The zero-order valence-corrected chi connectivity index (χ0v) is 13.5. The quantitative estimate of drug-likeness (QED) is 0.738. The Kier molecular flexibility index (Phi) is 3.42. The van der Waals surface area contributed by atoms with Crippen LogP contribution in [0.3, 0.4) is 0 Å². The van der Waals surface area contributed by atoms with Crippen molar-refractivity contribution >= 4 is 20.6 Å². The van der Waals surface area contributed by atoms with E-state index in [1.165, 1.54) is 0 Å². The Bertz CT molecular complexity index is 960. The van der Waals surface area contributed by atoms with Gasteiger partial charge in [-0.1, -0.05) is 36.4 Å². The molecule has 1 aliphatic rings. The predicted octanol–water partition coefficient (Wildman–Crippen LogP) is 3.49. The average molecular weight is 323 g/mol. The lowest BCUT2D eigenvalue weighted by Crippen LogP contribution is -2.18. The van der Waals surface area contributed by atoms with Gasteiger partial charge in [-0.25, -0.2) is 8.42 Å². The van der Waals surface area contributed by atoms with Crippen LogP contribution in [0.5, 0.6) is 0 Å². The second-order valence-corrected chi connectivity index (χ2v) is 8.33. The van der Waals surface area contributed by atoms with E-state index < -0.39 is 15.1 Å². The summed E-state index contributed by atoms with van der Waals surface area (Å²) in [4.78, 5) is 3.97. The minimum absolute atomic E-state index is 0.173. The molecule has 0 aliphatic heterocycles. The lowest BCUT2D eigenvalue weighted by atomic mass is 10.1. The summed E-state index contributed by atoms with van der Waals surface area (Å²) in [5.74, 6) is 0.173. The zero-order chi connectivity index (χ0) is 15.9. The first-order valence-corrected chi connectivity index (χ1v) is 9.48. The standard InChI is InChI=1S/C19H17NO2S/c21-23(22,12-9-14-7-10-20-11-8-14)18-13-16-5-1-3-15-4-2-6-17(18)19(15)16/h1-8,10-11,18H,9,12-13H2/t18-/m0/s1. The summed E-state index contributed by atoms with van der Waals surface area (Å²) in [5.41, 5.74) is 3.13. The fourth-order valence-corrected chi connectivity index (χ4v) is 5.29. The van der Waals surface area contributed by atoms with Gasteiger partial charge in [0.2, 0.25) is 0 Å². The van der Waals surface area contributed by atoms with E-state index in [9.17, 15) is 8.42 Å². The van der Waals surface area contributed by atoms with Crippen molar-refractivity contribution in [1.82, 2.24) is 4.98 Å². The highest BCUT2D eigenvalue weighted by Crippen LogP contribution is 2.41. The van der Waals surface area contributed by atoms with Crippen molar-refractivity contribution in [3.8, 4) is 0 Å². The van der Waals surface area contributed by atoms with Gasteiger partial charge in [0, 0.05) is 12.4 Å². The van der Waals surface area contributed by atoms with Gasteiger partial charge < -0.3 is 0 Å². The third-order valence-electron chi connectivity index (χ3n) is 4.63. The molecule has 0 fully saturated rings. The summed E-state index contributed by atoms with van der Waals surface area (Å²) in [6.07, 6.45) is 4.53. The van der Waals surface area contributed by atoms with Gasteiger partial charge in [-0.3, -0.25) is 4.98 Å². The van der Waals surface area contributed by atoms with Crippen LogP contribution in [0.1, 0.15) is 21.9 Å².